The summed E-state index contributed by atoms with van der Waals surface area (Å²) in [5, 5.41) is 6.88. The lowest BCUT2D eigenvalue weighted by Gasteiger charge is -2.02. The van der Waals surface area contributed by atoms with Gasteiger partial charge in [-0.05, 0) is 13.0 Å². The summed E-state index contributed by atoms with van der Waals surface area (Å²) in [5.74, 6) is 0.559. The van der Waals surface area contributed by atoms with E-state index in [1.54, 1.807) is 11.3 Å². The molecule has 0 spiro atoms. The van der Waals surface area contributed by atoms with Crippen LogP contribution in [-0.2, 0) is 6.54 Å². The minimum atomic E-state index is 0. The summed E-state index contributed by atoms with van der Waals surface area (Å²) < 4.78 is 0. The Kier molecular flexibility index (Phi) is 9.79. The van der Waals surface area contributed by atoms with Gasteiger partial charge in [0.1, 0.15) is 0 Å². The third-order valence-electron chi connectivity index (χ3n) is 2.58. The summed E-state index contributed by atoms with van der Waals surface area (Å²) in [5.41, 5.74) is 1.20. The van der Waals surface area contributed by atoms with Gasteiger partial charge in [0.2, 0.25) is 0 Å². The molecule has 0 bridgehead atoms. The van der Waals surface area contributed by atoms with Gasteiger partial charge >= 0.3 is 0 Å². The molecule has 0 amide bonds. The lowest BCUT2D eigenvalue weighted by Crippen LogP contribution is -2.14. The summed E-state index contributed by atoms with van der Waals surface area (Å²) in [6, 6.07) is 0. The third kappa shape index (κ3) is 7.02. The molecule has 0 unspecified atom stereocenters. The standard InChI is InChI=1S/C13H24N2S.ClH/c1-4-5-6-7-8-14-9-12-10-16-13(15-12)11(2)3;/h10-11,14H,4-9H2,1-3H3;1H. The van der Waals surface area contributed by atoms with E-state index in [0.29, 0.717) is 5.92 Å². The highest BCUT2D eigenvalue weighted by Gasteiger charge is 2.04. The minimum Gasteiger partial charge on any atom is -0.311 e. The Morgan fingerprint density at radius 3 is 2.65 bits per heavy atom. The van der Waals surface area contributed by atoms with Crippen molar-refractivity contribution in [1.82, 2.24) is 10.3 Å². The van der Waals surface area contributed by atoms with E-state index in [4.69, 9.17) is 0 Å². The summed E-state index contributed by atoms with van der Waals surface area (Å²) in [6.07, 6.45) is 5.30. The van der Waals surface area contributed by atoms with Crippen LogP contribution in [0.3, 0.4) is 0 Å². The molecule has 1 aromatic rings. The number of rotatable bonds is 8. The maximum absolute atomic E-state index is 4.60. The van der Waals surface area contributed by atoms with Crippen molar-refractivity contribution in [2.75, 3.05) is 6.54 Å². The van der Waals surface area contributed by atoms with Crippen molar-refractivity contribution in [3.05, 3.63) is 16.1 Å². The van der Waals surface area contributed by atoms with Crippen molar-refractivity contribution < 1.29 is 0 Å². The summed E-state index contributed by atoms with van der Waals surface area (Å²) in [7, 11) is 0. The number of nitrogens with zero attached hydrogens (tertiary/aromatic N) is 1. The predicted octanol–water partition coefficient (Wildman–Crippen LogP) is 4.36. The smallest absolute Gasteiger partial charge is 0.0954 e. The first-order valence-electron chi connectivity index (χ1n) is 6.39. The molecule has 1 aromatic heterocycles. The molecule has 0 radical (unpaired) electrons. The summed E-state index contributed by atoms with van der Waals surface area (Å²) in [6.45, 7) is 8.68. The fourth-order valence-corrected chi connectivity index (χ4v) is 2.40. The fraction of sp³-hybridized carbons (Fsp3) is 0.769. The number of halogens is 1. The molecule has 0 saturated heterocycles. The quantitative estimate of drug-likeness (QED) is 0.714. The van der Waals surface area contributed by atoms with Crippen LogP contribution in [0.1, 0.15) is 63.1 Å². The molecule has 0 atom stereocenters. The number of unbranched alkanes of at least 4 members (excludes halogenated alkanes) is 3. The zero-order valence-corrected chi connectivity index (χ0v) is 12.8. The molecule has 0 aromatic carbocycles. The predicted molar refractivity (Wildman–Crippen MR) is 79.3 cm³/mol. The van der Waals surface area contributed by atoms with E-state index in [0.717, 1.165) is 13.1 Å². The number of hydrogen-bond donors (Lipinski definition) is 1. The lowest BCUT2D eigenvalue weighted by atomic mass is 10.2. The van der Waals surface area contributed by atoms with E-state index in [9.17, 15) is 0 Å². The topological polar surface area (TPSA) is 24.9 Å². The van der Waals surface area contributed by atoms with Gasteiger partial charge in [-0.1, -0.05) is 40.0 Å². The van der Waals surface area contributed by atoms with Crippen molar-refractivity contribution in [2.45, 2.75) is 58.9 Å². The van der Waals surface area contributed by atoms with Crippen LogP contribution in [-0.4, -0.2) is 11.5 Å². The van der Waals surface area contributed by atoms with Crippen LogP contribution in [0.5, 0.6) is 0 Å². The van der Waals surface area contributed by atoms with E-state index in [1.165, 1.54) is 36.4 Å². The molecular weight excluding hydrogens is 252 g/mol. The second-order valence-corrected chi connectivity index (χ2v) is 5.46. The number of hydrogen-bond acceptors (Lipinski definition) is 3. The van der Waals surface area contributed by atoms with Gasteiger partial charge in [0, 0.05) is 17.8 Å². The average Bonchev–Trinajstić information content (AvgIpc) is 2.72. The Hall–Kier alpha value is -0.120. The van der Waals surface area contributed by atoms with Crippen LogP contribution in [0.25, 0.3) is 0 Å². The van der Waals surface area contributed by atoms with Gasteiger partial charge in [-0.25, -0.2) is 4.98 Å². The van der Waals surface area contributed by atoms with Crippen molar-refractivity contribution in [3.63, 3.8) is 0 Å². The van der Waals surface area contributed by atoms with Gasteiger partial charge in [0.15, 0.2) is 0 Å². The molecule has 0 saturated carbocycles. The van der Waals surface area contributed by atoms with Crippen LogP contribution < -0.4 is 5.32 Å². The molecule has 1 N–H and O–H groups in total. The van der Waals surface area contributed by atoms with E-state index in [2.05, 4.69) is 36.5 Å². The normalized spacial score (nSPS) is 10.6. The molecule has 100 valence electrons. The highest BCUT2D eigenvalue weighted by atomic mass is 35.5. The highest BCUT2D eigenvalue weighted by Crippen LogP contribution is 2.18. The van der Waals surface area contributed by atoms with Crippen LogP contribution >= 0.6 is 23.7 Å². The highest BCUT2D eigenvalue weighted by molar-refractivity contribution is 7.09. The van der Waals surface area contributed by atoms with Gasteiger partial charge in [0.05, 0.1) is 10.7 Å². The van der Waals surface area contributed by atoms with Crippen LogP contribution in [0.4, 0.5) is 0 Å². The van der Waals surface area contributed by atoms with E-state index in [-0.39, 0.29) is 12.4 Å². The van der Waals surface area contributed by atoms with Crippen LogP contribution in [0, 0.1) is 0 Å². The second kappa shape index (κ2) is 9.86. The summed E-state index contributed by atoms with van der Waals surface area (Å²) >= 11 is 1.78. The van der Waals surface area contributed by atoms with Crippen molar-refractivity contribution in [1.29, 1.82) is 0 Å². The van der Waals surface area contributed by atoms with Gasteiger partial charge in [-0.2, -0.15) is 0 Å². The van der Waals surface area contributed by atoms with Crippen LogP contribution in [0.2, 0.25) is 0 Å². The Balaban J connectivity index is 0.00000256. The van der Waals surface area contributed by atoms with E-state index < -0.39 is 0 Å². The van der Waals surface area contributed by atoms with Gasteiger partial charge in [-0.15, -0.1) is 23.7 Å². The number of nitrogens with one attached hydrogen (secondary N) is 1. The first-order chi connectivity index (χ1) is 7.74. The fourth-order valence-electron chi connectivity index (χ4n) is 1.56. The average molecular weight is 277 g/mol. The molecule has 0 aliphatic carbocycles. The molecule has 0 aliphatic heterocycles. The number of aromatic nitrogens is 1. The Morgan fingerprint density at radius 1 is 1.29 bits per heavy atom. The molecule has 1 heterocycles. The van der Waals surface area contributed by atoms with E-state index >= 15 is 0 Å². The summed E-state index contributed by atoms with van der Waals surface area (Å²) in [4.78, 5) is 4.60. The van der Waals surface area contributed by atoms with Gasteiger partial charge in [-0.3, -0.25) is 0 Å². The lowest BCUT2D eigenvalue weighted by molar-refractivity contribution is 0.593. The Labute approximate surface area is 116 Å². The molecule has 0 fully saturated rings. The van der Waals surface area contributed by atoms with Crippen LogP contribution in [0.15, 0.2) is 5.38 Å². The monoisotopic (exact) mass is 276 g/mol. The first kappa shape index (κ1) is 16.9. The zero-order valence-electron chi connectivity index (χ0n) is 11.2. The third-order valence-corrected chi connectivity index (χ3v) is 3.77. The molecule has 2 nitrogen and oxygen atoms in total. The van der Waals surface area contributed by atoms with Gasteiger partial charge in [0.25, 0.3) is 0 Å². The molecule has 1 rings (SSSR count). The zero-order chi connectivity index (χ0) is 11.8. The first-order valence-corrected chi connectivity index (χ1v) is 7.27. The maximum Gasteiger partial charge on any atom is 0.0954 e. The molecule has 17 heavy (non-hydrogen) atoms. The maximum atomic E-state index is 4.60. The molecule has 4 heteroatoms. The molecule has 0 aliphatic rings. The minimum absolute atomic E-state index is 0. The number of thiazole rings is 1. The van der Waals surface area contributed by atoms with E-state index in [1.807, 2.05) is 0 Å². The molecular formula is C13H25ClN2S. The van der Waals surface area contributed by atoms with Crippen molar-refractivity contribution >= 4 is 23.7 Å². The Morgan fingerprint density at radius 2 is 2.06 bits per heavy atom. The Bertz CT molecular complexity index is 287. The van der Waals surface area contributed by atoms with Gasteiger partial charge < -0.3 is 5.32 Å². The second-order valence-electron chi connectivity index (χ2n) is 4.57. The van der Waals surface area contributed by atoms with Crippen molar-refractivity contribution in [3.8, 4) is 0 Å². The largest absolute Gasteiger partial charge is 0.311 e. The SMILES string of the molecule is CCCCCCNCc1csc(C(C)C)n1.Cl. The van der Waals surface area contributed by atoms with Crippen molar-refractivity contribution in [2.24, 2.45) is 0 Å².